The van der Waals surface area contributed by atoms with Gasteiger partial charge in [-0.25, -0.2) is 4.98 Å². The predicted octanol–water partition coefficient (Wildman–Crippen LogP) is 0.147. The van der Waals surface area contributed by atoms with Gasteiger partial charge in [0.25, 0.3) is 5.91 Å². The van der Waals surface area contributed by atoms with E-state index >= 15 is 0 Å². The fraction of sp³-hybridized carbons (Fsp3) is 0.700. The van der Waals surface area contributed by atoms with Crippen molar-refractivity contribution in [1.29, 1.82) is 0 Å². The number of hydrogen-bond acceptors (Lipinski definition) is 4. The molecule has 1 aliphatic heterocycles. The van der Waals surface area contributed by atoms with Crippen LogP contribution in [0.4, 0.5) is 0 Å². The molecule has 1 aromatic rings. The van der Waals surface area contributed by atoms with Crippen LogP contribution < -0.4 is 5.73 Å². The van der Waals surface area contributed by atoms with Gasteiger partial charge in [-0.3, -0.25) is 9.89 Å². The van der Waals surface area contributed by atoms with E-state index in [1.807, 2.05) is 4.90 Å². The van der Waals surface area contributed by atoms with Crippen LogP contribution in [0.25, 0.3) is 0 Å². The first-order valence-electron chi connectivity index (χ1n) is 5.62. The van der Waals surface area contributed by atoms with Gasteiger partial charge < -0.3 is 10.6 Å². The summed E-state index contributed by atoms with van der Waals surface area (Å²) in [5, 5.41) is 6.31. The van der Waals surface area contributed by atoms with Gasteiger partial charge in [0.15, 0.2) is 0 Å². The summed E-state index contributed by atoms with van der Waals surface area (Å²) < 4.78 is 0. The number of piperidine rings is 1. The molecule has 3 N–H and O–H groups in total. The zero-order valence-corrected chi connectivity index (χ0v) is 9.39. The van der Waals surface area contributed by atoms with Crippen LogP contribution in [0.2, 0.25) is 0 Å². The van der Waals surface area contributed by atoms with Crippen LogP contribution >= 0.6 is 0 Å². The topological polar surface area (TPSA) is 87.9 Å². The molecule has 6 nitrogen and oxygen atoms in total. The van der Waals surface area contributed by atoms with Crippen LogP contribution in [0.5, 0.6) is 0 Å². The molecule has 2 heterocycles. The molecule has 2 rings (SSSR count). The summed E-state index contributed by atoms with van der Waals surface area (Å²) in [7, 11) is 0. The molecule has 1 fully saturated rings. The summed E-state index contributed by atoms with van der Waals surface area (Å²) in [5.41, 5.74) is 5.71. The van der Waals surface area contributed by atoms with Crippen LogP contribution in [-0.4, -0.2) is 44.6 Å². The fourth-order valence-electron chi connectivity index (χ4n) is 2.32. The highest BCUT2D eigenvalue weighted by atomic mass is 16.2. The minimum absolute atomic E-state index is 0.0971. The lowest BCUT2D eigenvalue weighted by Crippen LogP contribution is -2.52. The van der Waals surface area contributed by atoms with Crippen molar-refractivity contribution >= 4 is 5.91 Å². The number of aromatic nitrogens is 3. The normalized spacial score (nSPS) is 25.8. The third kappa shape index (κ3) is 1.92. The number of rotatable bonds is 2. The number of H-pyrrole nitrogens is 1. The first-order chi connectivity index (χ1) is 7.74. The second kappa shape index (κ2) is 4.61. The Labute approximate surface area is 94.2 Å². The van der Waals surface area contributed by atoms with Gasteiger partial charge in [-0.05, 0) is 26.2 Å². The molecule has 1 aliphatic rings. The van der Waals surface area contributed by atoms with E-state index in [0.29, 0.717) is 12.4 Å². The number of likely N-dealkylation sites (tertiary alicyclic amines) is 1. The molecule has 0 saturated carbocycles. The van der Waals surface area contributed by atoms with Gasteiger partial charge in [0.05, 0.1) is 0 Å². The van der Waals surface area contributed by atoms with Crippen molar-refractivity contribution in [3.8, 4) is 0 Å². The third-order valence-corrected chi connectivity index (χ3v) is 3.15. The molecule has 0 bridgehead atoms. The molecule has 16 heavy (non-hydrogen) atoms. The van der Waals surface area contributed by atoms with E-state index in [1.165, 1.54) is 6.33 Å². The maximum absolute atomic E-state index is 12.2. The Balaban J connectivity index is 2.19. The van der Waals surface area contributed by atoms with E-state index in [0.717, 1.165) is 19.3 Å². The van der Waals surface area contributed by atoms with E-state index in [1.54, 1.807) is 0 Å². The molecule has 1 saturated heterocycles. The second-order valence-corrected chi connectivity index (χ2v) is 4.22. The molecule has 2 unspecified atom stereocenters. The summed E-state index contributed by atoms with van der Waals surface area (Å²) in [6, 6.07) is 0.348. The first kappa shape index (κ1) is 11.1. The van der Waals surface area contributed by atoms with Gasteiger partial charge >= 0.3 is 0 Å². The van der Waals surface area contributed by atoms with Gasteiger partial charge in [-0.1, -0.05) is 0 Å². The van der Waals surface area contributed by atoms with Gasteiger partial charge in [0.2, 0.25) is 5.82 Å². The number of nitrogens with zero attached hydrogens (tertiary/aromatic N) is 3. The molecule has 2 atom stereocenters. The summed E-state index contributed by atoms with van der Waals surface area (Å²) >= 11 is 0. The second-order valence-electron chi connectivity index (χ2n) is 4.22. The molecule has 6 heteroatoms. The number of carbonyl (C=O) groups excluding carboxylic acids is 1. The van der Waals surface area contributed by atoms with Gasteiger partial charge in [0.1, 0.15) is 6.33 Å². The lowest BCUT2D eigenvalue weighted by molar-refractivity contribution is 0.0482. The number of nitrogens with two attached hydrogens (primary N) is 1. The molecule has 1 amide bonds. The quantitative estimate of drug-likeness (QED) is 0.746. The SMILES string of the molecule is CC1CCCC(CN)N1C(=O)c1ncn[nH]1. The highest BCUT2D eigenvalue weighted by Crippen LogP contribution is 2.23. The Morgan fingerprint density at radius 3 is 3.12 bits per heavy atom. The monoisotopic (exact) mass is 223 g/mol. The van der Waals surface area contributed by atoms with Gasteiger partial charge in [0, 0.05) is 18.6 Å². The first-order valence-corrected chi connectivity index (χ1v) is 5.62. The number of carbonyl (C=O) groups is 1. The van der Waals surface area contributed by atoms with Crippen molar-refractivity contribution < 1.29 is 4.79 Å². The molecule has 0 aromatic carbocycles. The average molecular weight is 223 g/mol. The maximum atomic E-state index is 12.2. The van der Waals surface area contributed by atoms with Crippen LogP contribution in [0.3, 0.4) is 0 Å². The predicted molar refractivity (Wildman–Crippen MR) is 58.7 cm³/mol. The summed E-state index contributed by atoms with van der Waals surface area (Å²) in [5.74, 6) is 0.201. The van der Waals surface area contributed by atoms with E-state index in [-0.39, 0.29) is 18.0 Å². The van der Waals surface area contributed by atoms with E-state index in [2.05, 4.69) is 22.1 Å². The van der Waals surface area contributed by atoms with E-state index in [4.69, 9.17) is 5.73 Å². The van der Waals surface area contributed by atoms with Crippen molar-refractivity contribution in [2.75, 3.05) is 6.54 Å². The van der Waals surface area contributed by atoms with Crippen LogP contribution in [-0.2, 0) is 0 Å². The highest BCUT2D eigenvalue weighted by Gasteiger charge is 2.32. The maximum Gasteiger partial charge on any atom is 0.291 e. The Morgan fingerprint density at radius 2 is 2.50 bits per heavy atom. The van der Waals surface area contributed by atoms with Crippen molar-refractivity contribution in [3.05, 3.63) is 12.2 Å². The largest absolute Gasteiger partial charge is 0.329 e. The summed E-state index contributed by atoms with van der Waals surface area (Å²) in [4.78, 5) is 17.9. The van der Waals surface area contributed by atoms with Crippen LogP contribution in [0, 0.1) is 0 Å². The zero-order valence-electron chi connectivity index (χ0n) is 9.39. The Kier molecular flexibility index (Phi) is 3.19. The number of nitrogens with one attached hydrogen (secondary N) is 1. The standard InChI is InChI=1S/C10H17N5O/c1-7-3-2-4-8(5-11)15(7)10(16)9-12-6-13-14-9/h6-8H,2-5,11H2,1H3,(H,12,13,14). The lowest BCUT2D eigenvalue weighted by atomic mass is 9.96. The van der Waals surface area contributed by atoms with Crippen LogP contribution in [0.1, 0.15) is 36.8 Å². The smallest absolute Gasteiger partial charge is 0.291 e. The van der Waals surface area contributed by atoms with Crippen molar-refractivity contribution in [1.82, 2.24) is 20.1 Å². The summed E-state index contributed by atoms with van der Waals surface area (Å²) in [6.45, 7) is 2.56. The number of amides is 1. The average Bonchev–Trinajstić information content (AvgIpc) is 2.81. The van der Waals surface area contributed by atoms with Crippen molar-refractivity contribution in [2.24, 2.45) is 5.73 Å². The van der Waals surface area contributed by atoms with Gasteiger partial charge in [-0.2, -0.15) is 5.10 Å². The number of hydrogen-bond donors (Lipinski definition) is 2. The Hall–Kier alpha value is -1.43. The Morgan fingerprint density at radius 1 is 1.69 bits per heavy atom. The molecular weight excluding hydrogens is 206 g/mol. The molecular formula is C10H17N5O. The zero-order chi connectivity index (χ0) is 11.5. The Bertz CT molecular complexity index is 350. The van der Waals surface area contributed by atoms with Crippen molar-refractivity contribution in [3.63, 3.8) is 0 Å². The molecule has 0 spiro atoms. The fourth-order valence-corrected chi connectivity index (χ4v) is 2.32. The van der Waals surface area contributed by atoms with Crippen molar-refractivity contribution in [2.45, 2.75) is 38.3 Å². The minimum atomic E-state index is -0.0971. The molecule has 0 aliphatic carbocycles. The van der Waals surface area contributed by atoms with E-state index in [9.17, 15) is 4.79 Å². The third-order valence-electron chi connectivity index (χ3n) is 3.15. The minimum Gasteiger partial charge on any atom is -0.329 e. The van der Waals surface area contributed by atoms with E-state index < -0.39 is 0 Å². The highest BCUT2D eigenvalue weighted by molar-refractivity contribution is 5.90. The lowest BCUT2D eigenvalue weighted by Gasteiger charge is -2.39. The molecule has 1 aromatic heterocycles. The van der Waals surface area contributed by atoms with Gasteiger partial charge in [-0.15, -0.1) is 0 Å². The summed E-state index contributed by atoms with van der Waals surface area (Å²) in [6.07, 6.45) is 4.47. The molecule has 0 radical (unpaired) electrons. The number of aromatic amines is 1. The molecule has 88 valence electrons. The van der Waals surface area contributed by atoms with Crippen LogP contribution in [0.15, 0.2) is 6.33 Å².